The van der Waals surface area contributed by atoms with E-state index in [0.717, 1.165) is 5.69 Å². The van der Waals surface area contributed by atoms with Gasteiger partial charge in [0.2, 0.25) is 0 Å². The van der Waals surface area contributed by atoms with Crippen LogP contribution in [0, 0.1) is 5.82 Å². The van der Waals surface area contributed by atoms with Crippen molar-refractivity contribution in [2.75, 3.05) is 0 Å². The molecule has 108 valence electrons. The Hall–Kier alpha value is -1.88. The molecule has 0 unspecified atom stereocenters. The summed E-state index contributed by atoms with van der Waals surface area (Å²) in [6.45, 7) is 6.00. The van der Waals surface area contributed by atoms with Crippen LogP contribution in [0.5, 0.6) is 5.75 Å². The van der Waals surface area contributed by atoms with Gasteiger partial charge in [-0.05, 0) is 32.9 Å². The minimum atomic E-state index is -0.708. The number of nitrogens with zero attached hydrogens (tertiary/aromatic N) is 2. The van der Waals surface area contributed by atoms with Gasteiger partial charge in [-0.3, -0.25) is 0 Å². The molecule has 1 atom stereocenters. The van der Waals surface area contributed by atoms with Crippen molar-refractivity contribution in [1.29, 1.82) is 0 Å². The van der Waals surface area contributed by atoms with Gasteiger partial charge < -0.3 is 14.4 Å². The van der Waals surface area contributed by atoms with E-state index in [0.29, 0.717) is 11.3 Å². The van der Waals surface area contributed by atoms with Crippen LogP contribution in [0.4, 0.5) is 4.39 Å². The molecule has 0 bridgehead atoms. The third kappa shape index (κ3) is 3.17. The Balaban J connectivity index is 2.18. The molecule has 0 aliphatic heterocycles. The second-order valence-electron chi connectivity index (χ2n) is 5.03. The normalized spacial score (nSPS) is 12.7. The van der Waals surface area contributed by atoms with Gasteiger partial charge >= 0.3 is 0 Å². The molecule has 20 heavy (non-hydrogen) atoms. The molecule has 0 fully saturated rings. The van der Waals surface area contributed by atoms with Gasteiger partial charge in [0.15, 0.2) is 0 Å². The Morgan fingerprint density at radius 1 is 1.35 bits per heavy atom. The van der Waals surface area contributed by atoms with Crippen LogP contribution in [-0.4, -0.2) is 14.7 Å². The Morgan fingerprint density at radius 2 is 2.10 bits per heavy atom. The van der Waals surface area contributed by atoms with Crippen molar-refractivity contribution in [3.05, 3.63) is 47.8 Å². The van der Waals surface area contributed by atoms with Gasteiger partial charge in [0, 0.05) is 17.7 Å². The first-order valence-corrected chi connectivity index (χ1v) is 6.60. The Bertz CT molecular complexity index is 579. The van der Waals surface area contributed by atoms with E-state index in [1.807, 2.05) is 4.57 Å². The monoisotopic (exact) mass is 278 g/mol. The van der Waals surface area contributed by atoms with E-state index in [1.165, 1.54) is 18.2 Å². The zero-order valence-electron chi connectivity index (χ0n) is 11.9. The maximum Gasteiger partial charge on any atom is 0.130 e. The minimum Gasteiger partial charge on any atom is -0.487 e. The molecule has 0 saturated heterocycles. The number of aliphatic hydroxyl groups is 1. The van der Waals surface area contributed by atoms with E-state index in [4.69, 9.17) is 4.74 Å². The Morgan fingerprint density at radius 3 is 2.75 bits per heavy atom. The highest BCUT2D eigenvalue weighted by molar-refractivity contribution is 5.35. The topological polar surface area (TPSA) is 47.3 Å². The van der Waals surface area contributed by atoms with Crippen LogP contribution in [0.15, 0.2) is 30.7 Å². The number of halogens is 1. The molecule has 0 saturated carbocycles. The number of imidazole rings is 1. The summed E-state index contributed by atoms with van der Waals surface area (Å²) in [5, 5.41) is 9.68. The second-order valence-corrected chi connectivity index (χ2v) is 5.03. The van der Waals surface area contributed by atoms with Crippen molar-refractivity contribution in [3.63, 3.8) is 0 Å². The lowest BCUT2D eigenvalue weighted by molar-refractivity contribution is 0.189. The van der Waals surface area contributed by atoms with Gasteiger partial charge in [-0.1, -0.05) is 0 Å². The number of hydrogen-bond donors (Lipinski definition) is 1. The maximum atomic E-state index is 13.3. The van der Waals surface area contributed by atoms with Gasteiger partial charge in [-0.2, -0.15) is 0 Å². The van der Waals surface area contributed by atoms with Crippen LogP contribution in [-0.2, 0) is 6.61 Å². The maximum absolute atomic E-state index is 13.3. The van der Waals surface area contributed by atoms with E-state index < -0.39 is 6.10 Å². The molecule has 1 N–H and O–H groups in total. The number of hydrogen-bond acceptors (Lipinski definition) is 3. The first-order valence-electron chi connectivity index (χ1n) is 6.60. The van der Waals surface area contributed by atoms with Crippen LogP contribution in [0.2, 0.25) is 0 Å². The highest BCUT2D eigenvalue weighted by Crippen LogP contribution is 2.27. The molecule has 0 radical (unpaired) electrons. The smallest absolute Gasteiger partial charge is 0.130 e. The third-order valence-electron chi connectivity index (χ3n) is 3.10. The molecule has 1 aromatic heterocycles. The third-order valence-corrected chi connectivity index (χ3v) is 3.10. The molecule has 2 rings (SSSR count). The summed E-state index contributed by atoms with van der Waals surface area (Å²) in [6, 6.07) is 4.42. The Kier molecular flexibility index (Phi) is 4.39. The van der Waals surface area contributed by atoms with Gasteiger partial charge in [0.05, 0.1) is 24.3 Å². The first-order chi connectivity index (χ1) is 9.49. The average molecular weight is 278 g/mol. The molecule has 5 heteroatoms. The van der Waals surface area contributed by atoms with Gasteiger partial charge in [0.25, 0.3) is 0 Å². The summed E-state index contributed by atoms with van der Waals surface area (Å²) in [7, 11) is 0. The van der Waals surface area contributed by atoms with Gasteiger partial charge in [-0.15, -0.1) is 0 Å². The van der Waals surface area contributed by atoms with E-state index in [2.05, 4.69) is 18.8 Å². The molecule has 1 heterocycles. The lowest BCUT2D eigenvalue weighted by Crippen LogP contribution is -2.08. The first kappa shape index (κ1) is 14.5. The number of rotatable bonds is 5. The lowest BCUT2D eigenvalue weighted by Gasteiger charge is -2.15. The number of aliphatic hydroxyl groups excluding tert-OH is 1. The van der Waals surface area contributed by atoms with Crippen molar-refractivity contribution in [2.24, 2.45) is 0 Å². The molecule has 0 spiro atoms. The molecule has 2 aromatic rings. The van der Waals surface area contributed by atoms with Crippen molar-refractivity contribution < 1.29 is 14.2 Å². The molecule has 0 aliphatic rings. The molecule has 0 amide bonds. The van der Waals surface area contributed by atoms with Crippen molar-refractivity contribution >= 4 is 0 Å². The zero-order chi connectivity index (χ0) is 14.7. The molecule has 1 aromatic carbocycles. The van der Waals surface area contributed by atoms with Crippen LogP contribution >= 0.6 is 0 Å². The van der Waals surface area contributed by atoms with Crippen LogP contribution < -0.4 is 4.74 Å². The fourth-order valence-corrected chi connectivity index (χ4v) is 2.04. The SMILES string of the molecule is CC(C)n1cncc1COc1cc(F)ccc1[C@H](C)O. The van der Waals surface area contributed by atoms with Crippen molar-refractivity contribution in [3.8, 4) is 5.75 Å². The summed E-state index contributed by atoms with van der Waals surface area (Å²) in [6.07, 6.45) is 2.76. The number of ether oxygens (including phenoxy) is 1. The largest absolute Gasteiger partial charge is 0.487 e. The molecular weight excluding hydrogens is 259 g/mol. The fourth-order valence-electron chi connectivity index (χ4n) is 2.04. The number of aromatic nitrogens is 2. The van der Waals surface area contributed by atoms with Crippen molar-refractivity contribution in [2.45, 2.75) is 39.5 Å². The summed E-state index contributed by atoms with van der Waals surface area (Å²) < 4.78 is 20.9. The highest BCUT2D eigenvalue weighted by atomic mass is 19.1. The van der Waals surface area contributed by atoms with E-state index in [-0.39, 0.29) is 18.5 Å². The predicted molar refractivity (Wildman–Crippen MR) is 74.0 cm³/mol. The average Bonchev–Trinajstić information content (AvgIpc) is 2.84. The highest BCUT2D eigenvalue weighted by Gasteiger charge is 2.12. The molecule has 4 nitrogen and oxygen atoms in total. The lowest BCUT2D eigenvalue weighted by atomic mass is 10.1. The van der Waals surface area contributed by atoms with Crippen LogP contribution in [0.25, 0.3) is 0 Å². The minimum absolute atomic E-state index is 0.278. The van der Waals surface area contributed by atoms with Gasteiger partial charge in [-0.25, -0.2) is 9.37 Å². The van der Waals surface area contributed by atoms with Gasteiger partial charge in [0.1, 0.15) is 18.2 Å². The van der Waals surface area contributed by atoms with Crippen molar-refractivity contribution in [1.82, 2.24) is 9.55 Å². The van der Waals surface area contributed by atoms with E-state index in [9.17, 15) is 9.50 Å². The molecule has 0 aliphatic carbocycles. The summed E-state index contributed by atoms with van der Waals surface area (Å²) in [5.41, 5.74) is 1.47. The van der Waals surface area contributed by atoms with Crippen LogP contribution in [0.1, 0.15) is 44.2 Å². The van der Waals surface area contributed by atoms with Crippen LogP contribution in [0.3, 0.4) is 0 Å². The summed E-state index contributed by atoms with van der Waals surface area (Å²) in [5.74, 6) is -0.0294. The zero-order valence-corrected chi connectivity index (χ0v) is 11.9. The van der Waals surface area contributed by atoms with E-state index >= 15 is 0 Å². The quantitative estimate of drug-likeness (QED) is 0.913. The standard InChI is InChI=1S/C15H19FN2O2/c1-10(2)18-9-17-7-13(18)8-20-15-6-12(16)4-5-14(15)11(3)19/h4-7,9-11,19H,8H2,1-3H3/t11-/m0/s1. The second kappa shape index (κ2) is 6.05. The molecular formula is C15H19FN2O2. The Labute approximate surface area is 117 Å². The predicted octanol–water partition coefficient (Wildman–Crippen LogP) is 3.24. The van der Waals surface area contributed by atoms with E-state index in [1.54, 1.807) is 19.4 Å². The fraction of sp³-hybridized carbons (Fsp3) is 0.400. The summed E-state index contributed by atoms with van der Waals surface area (Å²) in [4.78, 5) is 4.09. The number of benzene rings is 1. The summed E-state index contributed by atoms with van der Waals surface area (Å²) >= 11 is 0.